The molecule has 1 aliphatic heterocycles. The van der Waals surface area contributed by atoms with Crippen LogP contribution in [0.2, 0.25) is 0 Å². The van der Waals surface area contributed by atoms with E-state index in [4.69, 9.17) is 5.73 Å². The molecule has 2 aromatic rings. The summed E-state index contributed by atoms with van der Waals surface area (Å²) in [6.45, 7) is 5.13. The molecule has 1 aliphatic rings. The lowest BCUT2D eigenvalue weighted by Crippen LogP contribution is -2.46. The van der Waals surface area contributed by atoms with E-state index in [1.54, 1.807) is 0 Å². The molecular weight excluding hydrogens is 250 g/mol. The number of piperazine rings is 1. The van der Waals surface area contributed by atoms with Gasteiger partial charge in [0.2, 0.25) is 0 Å². The molecule has 2 heterocycles. The first-order valence-corrected chi connectivity index (χ1v) is 7.02. The van der Waals surface area contributed by atoms with Gasteiger partial charge < -0.3 is 10.6 Å². The quantitative estimate of drug-likeness (QED) is 0.856. The number of nitrogen functional groups attached to an aromatic ring is 1. The van der Waals surface area contributed by atoms with Gasteiger partial charge in [-0.2, -0.15) is 5.10 Å². The summed E-state index contributed by atoms with van der Waals surface area (Å²) >= 11 is 0. The molecule has 0 amide bonds. The highest BCUT2D eigenvalue weighted by Gasteiger charge is 2.17. The van der Waals surface area contributed by atoms with Crippen LogP contribution in [-0.2, 0) is 13.6 Å². The van der Waals surface area contributed by atoms with Gasteiger partial charge in [0.25, 0.3) is 0 Å². The number of anilines is 2. The van der Waals surface area contributed by atoms with E-state index in [9.17, 15) is 0 Å². The van der Waals surface area contributed by atoms with Crippen LogP contribution >= 0.6 is 0 Å². The molecule has 0 unspecified atom stereocenters. The SMILES string of the molecule is Cn1ccc(CN2CCN(c3cccc(N)c3)CC2)n1. The molecule has 0 bridgehead atoms. The molecule has 5 nitrogen and oxygen atoms in total. The van der Waals surface area contributed by atoms with Gasteiger partial charge in [-0.15, -0.1) is 0 Å². The lowest BCUT2D eigenvalue weighted by Gasteiger charge is -2.35. The van der Waals surface area contributed by atoms with E-state index in [-0.39, 0.29) is 0 Å². The third-order valence-corrected chi connectivity index (χ3v) is 3.76. The molecule has 0 atom stereocenters. The molecule has 0 spiro atoms. The first kappa shape index (κ1) is 13.0. The number of hydrogen-bond donors (Lipinski definition) is 1. The monoisotopic (exact) mass is 271 g/mol. The Morgan fingerprint density at radius 3 is 2.60 bits per heavy atom. The minimum Gasteiger partial charge on any atom is -0.399 e. The van der Waals surface area contributed by atoms with Gasteiger partial charge >= 0.3 is 0 Å². The van der Waals surface area contributed by atoms with Crippen molar-refractivity contribution in [3.63, 3.8) is 0 Å². The Balaban J connectivity index is 1.57. The summed E-state index contributed by atoms with van der Waals surface area (Å²) in [6, 6.07) is 10.2. The number of hydrogen-bond acceptors (Lipinski definition) is 4. The minimum absolute atomic E-state index is 0.832. The lowest BCUT2D eigenvalue weighted by atomic mass is 10.2. The summed E-state index contributed by atoms with van der Waals surface area (Å²) in [5.74, 6) is 0. The molecule has 1 saturated heterocycles. The molecule has 2 N–H and O–H groups in total. The van der Waals surface area contributed by atoms with Crippen molar-refractivity contribution in [2.24, 2.45) is 7.05 Å². The molecule has 0 aliphatic carbocycles. The van der Waals surface area contributed by atoms with Gasteiger partial charge in [0, 0.05) is 57.3 Å². The van der Waals surface area contributed by atoms with Crippen LogP contribution in [0.5, 0.6) is 0 Å². The predicted molar refractivity (Wildman–Crippen MR) is 81.6 cm³/mol. The number of nitrogens with zero attached hydrogens (tertiary/aromatic N) is 4. The third-order valence-electron chi connectivity index (χ3n) is 3.76. The Kier molecular flexibility index (Phi) is 3.60. The van der Waals surface area contributed by atoms with Crippen LogP contribution < -0.4 is 10.6 Å². The minimum atomic E-state index is 0.832. The molecule has 5 heteroatoms. The maximum absolute atomic E-state index is 5.85. The van der Waals surface area contributed by atoms with Gasteiger partial charge in [0.15, 0.2) is 0 Å². The van der Waals surface area contributed by atoms with Gasteiger partial charge in [0.1, 0.15) is 0 Å². The second kappa shape index (κ2) is 5.54. The van der Waals surface area contributed by atoms with Crippen molar-refractivity contribution in [3.8, 4) is 0 Å². The topological polar surface area (TPSA) is 50.3 Å². The molecule has 106 valence electrons. The highest BCUT2D eigenvalue weighted by atomic mass is 15.3. The average molecular weight is 271 g/mol. The van der Waals surface area contributed by atoms with Crippen molar-refractivity contribution in [1.29, 1.82) is 0 Å². The lowest BCUT2D eigenvalue weighted by molar-refractivity contribution is 0.246. The van der Waals surface area contributed by atoms with Gasteiger partial charge in [-0.3, -0.25) is 9.58 Å². The molecule has 1 aromatic carbocycles. The molecule has 20 heavy (non-hydrogen) atoms. The Hall–Kier alpha value is -2.01. The van der Waals surface area contributed by atoms with Crippen molar-refractivity contribution in [2.75, 3.05) is 36.8 Å². The van der Waals surface area contributed by atoms with Gasteiger partial charge in [-0.05, 0) is 24.3 Å². The Labute approximate surface area is 119 Å². The van der Waals surface area contributed by atoms with Crippen molar-refractivity contribution in [2.45, 2.75) is 6.54 Å². The second-order valence-corrected chi connectivity index (χ2v) is 5.34. The fourth-order valence-corrected chi connectivity index (χ4v) is 2.66. The molecular formula is C15H21N5. The van der Waals surface area contributed by atoms with Gasteiger partial charge in [0.05, 0.1) is 5.69 Å². The number of rotatable bonds is 3. The van der Waals surface area contributed by atoms with E-state index in [2.05, 4.69) is 33.1 Å². The van der Waals surface area contributed by atoms with Crippen LogP contribution in [0.15, 0.2) is 36.5 Å². The van der Waals surface area contributed by atoms with Gasteiger partial charge in [-0.25, -0.2) is 0 Å². The van der Waals surface area contributed by atoms with Crippen LogP contribution in [0.4, 0.5) is 11.4 Å². The highest BCUT2D eigenvalue weighted by Crippen LogP contribution is 2.19. The van der Waals surface area contributed by atoms with Crippen LogP contribution in [0.1, 0.15) is 5.69 Å². The standard InChI is InChI=1S/C15H21N5/c1-18-6-5-14(17-18)12-19-7-9-20(10-8-19)15-4-2-3-13(16)11-15/h2-6,11H,7-10,12,16H2,1H3. The molecule has 3 rings (SSSR count). The van der Waals surface area contributed by atoms with E-state index in [0.29, 0.717) is 0 Å². The van der Waals surface area contributed by atoms with Crippen LogP contribution in [0, 0.1) is 0 Å². The zero-order valence-electron chi connectivity index (χ0n) is 11.9. The van der Waals surface area contributed by atoms with Crippen molar-refractivity contribution >= 4 is 11.4 Å². The number of nitrogens with two attached hydrogens (primary N) is 1. The Morgan fingerprint density at radius 2 is 1.95 bits per heavy atom. The third kappa shape index (κ3) is 2.93. The van der Waals surface area contributed by atoms with Crippen LogP contribution in [0.25, 0.3) is 0 Å². The summed E-state index contributed by atoms with van der Waals surface area (Å²) in [5, 5.41) is 4.44. The predicted octanol–water partition coefficient (Wildman–Crippen LogP) is 1.32. The van der Waals surface area contributed by atoms with Crippen molar-refractivity contribution < 1.29 is 0 Å². The van der Waals surface area contributed by atoms with Gasteiger partial charge in [-0.1, -0.05) is 6.07 Å². The zero-order valence-corrected chi connectivity index (χ0v) is 11.9. The Morgan fingerprint density at radius 1 is 1.15 bits per heavy atom. The summed E-state index contributed by atoms with van der Waals surface area (Å²) in [4.78, 5) is 4.84. The molecule has 0 saturated carbocycles. The summed E-state index contributed by atoms with van der Waals surface area (Å²) in [7, 11) is 1.96. The number of aromatic nitrogens is 2. The summed E-state index contributed by atoms with van der Waals surface area (Å²) in [6.07, 6.45) is 2.00. The first-order valence-electron chi connectivity index (χ1n) is 7.02. The van der Waals surface area contributed by atoms with Crippen molar-refractivity contribution in [3.05, 3.63) is 42.2 Å². The molecule has 1 fully saturated rings. The average Bonchev–Trinajstić information content (AvgIpc) is 2.85. The zero-order chi connectivity index (χ0) is 13.9. The maximum Gasteiger partial charge on any atom is 0.0764 e. The number of benzene rings is 1. The summed E-state index contributed by atoms with van der Waals surface area (Å²) in [5.41, 5.74) is 9.05. The van der Waals surface area contributed by atoms with E-state index in [1.165, 1.54) is 5.69 Å². The molecule has 1 aromatic heterocycles. The summed E-state index contributed by atoms with van der Waals surface area (Å²) < 4.78 is 1.86. The van der Waals surface area contributed by atoms with E-state index < -0.39 is 0 Å². The van der Waals surface area contributed by atoms with E-state index in [1.807, 2.05) is 30.1 Å². The number of aryl methyl sites for hydroxylation is 1. The smallest absolute Gasteiger partial charge is 0.0764 e. The highest BCUT2D eigenvalue weighted by molar-refractivity contribution is 5.56. The van der Waals surface area contributed by atoms with Crippen molar-refractivity contribution in [1.82, 2.24) is 14.7 Å². The van der Waals surface area contributed by atoms with Crippen LogP contribution in [-0.4, -0.2) is 40.9 Å². The largest absolute Gasteiger partial charge is 0.399 e. The normalized spacial score (nSPS) is 16.6. The second-order valence-electron chi connectivity index (χ2n) is 5.34. The fourth-order valence-electron chi connectivity index (χ4n) is 2.66. The maximum atomic E-state index is 5.85. The fraction of sp³-hybridized carbons (Fsp3) is 0.400. The Bertz CT molecular complexity index is 569. The van der Waals surface area contributed by atoms with E-state index >= 15 is 0 Å². The van der Waals surface area contributed by atoms with E-state index in [0.717, 1.165) is 44.1 Å². The van der Waals surface area contributed by atoms with Crippen LogP contribution in [0.3, 0.4) is 0 Å². The first-order chi connectivity index (χ1) is 9.70. The molecule has 0 radical (unpaired) electrons.